The molecule has 0 aliphatic heterocycles. The average molecular weight is 606 g/mol. The van der Waals surface area contributed by atoms with Crippen molar-refractivity contribution in [2.45, 2.75) is 55.0 Å². The fourth-order valence-electron chi connectivity index (χ4n) is 2.16. The standard InChI is InChI=1S/C9H7NO3.C8H9NO2.C2Cl4O2.5CH4/c1-5-2-3-7-6(4-5)8(11)13-9(12)10-7;1-5-2-3-7(9)6(4-5)8(10)11;3-1(7)8-2(4,5)6;;;;;/h2-4H,1H3,(H,10,12);2-4H,9H2,1H3,(H,10,11);;5*1H4. The number of halogens is 4. The second-order valence-electron chi connectivity index (χ2n) is 6.03. The number of nitrogens with one attached hydrogen (secondary N) is 1. The van der Waals surface area contributed by atoms with Gasteiger partial charge in [0.25, 0.3) is 0 Å². The fourth-order valence-corrected chi connectivity index (χ4v) is 2.60. The molecular weight excluding hydrogens is 570 g/mol. The van der Waals surface area contributed by atoms with Gasteiger partial charge in [-0.05, 0) is 72.9 Å². The third-order valence-electron chi connectivity index (χ3n) is 3.45. The van der Waals surface area contributed by atoms with Gasteiger partial charge in [0.1, 0.15) is 0 Å². The predicted octanol–water partition coefficient (Wildman–Crippen LogP) is 7.94. The summed E-state index contributed by atoms with van der Waals surface area (Å²) in [6, 6.07) is 10.1. The lowest BCUT2D eigenvalue weighted by atomic mass is 10.1. The lowest BCUT2D eigenvalue weighted by molar-refractivity contribution is 0.0698. The number of nitrogens with two attached hydrogens (primary N) is 1. The highest BCUT2D eigenvalue weighted by atomic mass is 35.6. The van der Waals surface area contributed by atoms with E-state index in [-0.39, 0.29) is 42.7 Å². The Labute approximate surface area is 237 Å². The molecule has 0 radical (unpaired) electrons. The van der Waals surface area contributed by atoms with Gasteiger partial charge >= 0.3 is 26.8 Å². The van der Waals surface area contributed by atoms with Gasteiger partial charge < -0.3 is 20.0 Å². The minimum Gasteiger partial charge on any atom is -0.478 e. The number of carboxylic acids is 1. The highest BCUT2D eigenvalue weighted by molar-refractivity contribution is 6.69. The number of carboxylic acid groups (broad SMARTS) is 1. The number of anilines is 1. The third-order valence-corrected chi connectivity index (χ3v) is 3.76. The first kappa shape index (κ1) is 44.3. The molecule has 212 valence electrons. The molecule has 37 heavy (non-hydrogen) atoms. The highest BCUT2D eigenvalue weighted by Crippen LogP contribution is 2.27. The lowest BCUT2D eigenvalue weighted by Gasteiger charge is -2.06. The van der Waals surface area contributed by atoms with Crippen LogP contribution in [0.3, 0.4) is 0 Å². The number of hydrogen-bond donors (Lipinski definition) is 3. The van der Waals surface area contributed by atoms with Crippen LogP contribution in [0.2, 0.25) is 0 Å². The second-order valence-corrected chi connectivity index (χ2v) is 8.52. The van der Waals surface area contributed by atoms with Crippen molar-refractivity contribution >= 4 is 74.4 Å². The van der Waals surface area contributed by atoms with E-state index in [1.54, 1.807) is 30.3 Å². The summed E-state index contributed by atoms with van der Waals surface area (Å²) in [6.45, 7) is 3.69. The maximum atomic E-state index is 11.2. The maximum Gasteiger partial charge on any atom is 0.419 e. The number of hydrogen-bond acceptors (Lipinski definition) is 7. The number of benzene rings is 2. The Bertz CT molecular complexity index is 1240. The van der Waals surface area contributed by atoms with E-state index in [1.165, 1.54) is 0 Å². The molecule has 1 aromatic heterocycles. The molecule has 2 aromatic carbocycles. The fraction of sp³-hybridized carbons (Fsp3) is 0.333. The van der Waals surface area contributed by atoms with E-state index in [9.17, 15) is 19.2 Å². The SMILES string of the molecule is C.C.C.C.C.Cc1ccc(N)c(C(=O)O)c1.Cc1ccc2[nH]c(=O)oc(=O)c2c1.O=C(Cl)OC(Cl)(Cl)Cl. The zero-order valence-electron chi connectivity index (χ0n) is 16.5. The Hall–Kier alpha value is -2.72. The summed E-state index contributed by atoms with van der Waals surface area (Å²) in [5, 5.41) is 9.01. The highest BCUT2D eigenvalue weighted by Gasteiger charge is 2.23. The summed E-state index contributed by atoms with van der Waals surface area (Å²) in [7, 11) is 0. The molecule has 0 fully saturated rings. The van der Waals surface area contributed by atoms with Crippen molar-refractivity contribution in [1.82, 2.24) is 4.98 Å². The van der Waals surface area contributed by atoms with E-state index in [2.05, 4.69) is 25.7 Å². The van der Waals surface area contributed by atoms with Crippen LogP contribution in [0.1, 0.15) is 58.6 Å². The van der Waals surface area contributed by atoms with Crippen molar-refractivity contribution in [2.24, 2.45) is 0 Å². The van der Waals surface area contributed by atoms with Gasteiger partial charge in [-0.15, -0.1) is 0 Å². The number of nitrogen functional groups attached to an aromatic ring is 1. The van der Waals surface area contributed by atoms with Crippen molar-refractivity contribution in [3.63, 3.8) is 0 Å². The Kier molecular flexibility index (Phi) is 23.2. The molecule has 0 bridgehead atoms. The van der Waals surface area contributed by atoms with Gasteiger partial charge in [-0.25, -0.2) is 19.2 Å². The normalized spacial score (nSPS) is 8.92. The summed E-state index contributed by atoms with van der Waals surface area (Å²) in [4.78, 5) is 44.6. The second kappa shape index (κ2) is 19.4. The molecule has 3 aromatic rings. The van der Waals surface area contributed by atoms with Gasteiger partial charge in [-0.2, -0.15) is 0 Å². The van der Waals surface area contributed by atoms with Gasteiger partial charge in [-0.1, -0.05) is 60.4 Å². The van der Waals surface area contributed by atoms with Gasteiger partial charge in [0.2, 0.25) is 0 Å². The average Bonchev–Trinajstić information content (AvgIpc) is 2.63. The van der Waals surface area contributed by atoms with Crippen molar-refractivity contribution in [3.8, 4) is 0 Å². The molecule has 0 aliphatic rings. The number of rotatable bonds is 1. The minimum atomic E-state index is -2.04. The summed E-state index contributed by atoms with van der Waals surface area (Å²) in [6.07, 6.45) is 0. The van der Waals surface area contributed by atoms with Crippen LogP contribution in [-0.4, -0.2) is 25.5 Å². The number of carbonyl (C=O) groups excluding carboxylic acids is 1. The number of carbonyl (C=O) groups is 2. The van der Waals surface area contributed by atoms with E-state index in [0.29, 0.717) is 16.6 Å². The van der Waals surface area contributed by atoms with Crippen LogP contribution in [0.25, 0.3) is 10.9 Å². The number of aryl methyl sites for hydroxylation is 2. The first-order chi connectivity index (χ1) is 14.7. The number of aromatic nitrogens is 1. The Balaban J connectivity index is -0.000000133. The zero-order valence-corrected chi connectivity index (χ0v) is 19.5. The molecule has 13 heteroatoms. The van der Waals surface area contributed by atoms with E-state index >= 15 is 0 Å². The molecule has 0 saturated heterocycles. The number of aromatic amines is 1. The number of ether oxygens (including phenoxy) is 1. The number of alkyl halides is 3. The van der Waals surface area contributed by atoms with Crippen LogP contribution >= 0.6 is 46.4 Å². The first-order valence-electron chi connectivity index (χ1n) is 8.38. The van der Waals surface area contributed by atoms with Gasteiger partial charge in [0, 0.05) is 17.3 Å². The van der Waals surface area contributed by atoms with E-state index in [1.807, 2.05) is 19.9 Å². The van der Waals surface area contributed by atoms with E-state index in [4.69, 9.17) is 45.6 Å². The van der Waals surface area contributed by atoms with Gasteiger partial charge in [-0.3, -0.25) is 4.98 Å². The molecule has 0 amide bonds. The number of fused-ring (bicyclic) bond motifs is 1. The smallest absolute Gasteiger partial charge is 0.419 e. The predicted molar refractivity (Wildman–Crippen MR) is 157 cm³/mol. The zero-order chi connectivity index (χ0) is 24.6. The monoisotopic (exact) mass is 604 g/mol. The van der Waals surface area contributed by atoms with Crippen LogP contribution in [0.5, 0.6) is 0 Å². The molecule has 9 nitrogen and oxygen atoms in total. The van der Waals surface area contributed by atoms with E-state index in [0.717, 1.165) is 11.1 Å². The molecule has 0 spiro atoms. The first-order valence-corrected chi connectivity index (χ1v) is 9.89. The molecule has 0 atom stereocenters. The quantitative estimate of drug-likeness (QED) is 0.143. The van der Waals surface area contributed by atoms with Crippen LogP contribution in [0, 0.1) is 13.8 Å². The van der Waals surface area contributed by atoms with Gasteiger partial charge in [0.05, 0.1) is 16.5 Å². The molecule has 1 heterocycles. The van der Waals surface area contributed by atoms with Crippen molar-refractivity contribution in [2.75, 3.05) is 5.73 Å². The molecule has 3 rings (SSSR count). The van der Waals surface area contributed by atoms with Crippen LogP contribution in [-0.2, 0) is 4.74 Å². The van der Waals surface area contributed by atoms with Crippen LogP contribution in [0.15, 0.2) is 50.4 Å². The third kappa shape index (κ3) is 16.6. The van der Waals surface area contributed by atoms with Crippen LogP contribution < -0.4 is 17.1 Å². The number of H-pyrrole nitrogens is 1. The Morgan fingerprint density at radius 1 is 0.946 bits per heavy atom. The topological polar surface area (TPSA) is 153 Å². The summed E-state index contributed by atoms with van der Waals surface area (Å²) >= 11 is 19.4. The molecule has 0 aliphatic carbocycles. The lowest BCUT2D eigenvalue weighted by Crippen LogP contribution is -2.14. The Morgan fingerprint density at radius 2 is 1.43 bits per heavy atom. The van der Waals surface area contributed by atoms with Crippen LogP contribution in [0.4, 0.5) is 10.5 Å². The summed E-state index contributed by atoms with van der Waals surface area (Å²) < 4.78 is 6.20. The molecule has 0 unspecified atom stereocenters. The van der Waals surface area contributed by atoms with Gasteiger partial charge in [0.15, 0.2) is 0 Å². The van der Waals surface area contributed by atoms with Crippen molar-refractivity contribution < 1.29 is 23.8 Å². The maximum absolute atomic E-state index is 11.2. The molecule has 4 N–H and O–H groups in total. The minimum absolute atomic E-state index is 0. The molecular formula is C24H36Cl4N2O7. The van der Waals surface area contributed by atoms with Crippen molar-refractivity contribution in [1.29, 1.82) is 0 Å². The molecule has 0 saturated carbocycles. The number of aromatic carboxylic acids is 1. The Morgan fingerprint density at radius 3 is 1.84 bits per heavy atom. The summed E-state index contributed by atoms with van der Waals surface area (Å²) in [5.41, 5.74) is 6.50. The van der Waals surface area contributed by atoms with E-state index < -0.39 is 26.8 Å². The largest absolute Gasteiger partial charge is 0.478 e. The van der Waals surface area contributed by atoms with Crippen molar-refractivity contribution in [3.05, 3.63) is 74.1 Å². The summed E-state index contributed by atoms with van der Waals surface area (Å²) in [5.74, 6) is -1.70.